The predicted molar refractivity (Wildman–Crippen MR) is 147 cm³/mol. The molecule has 0 N–H and O–H groups in total. The van der Waals surface area contributed by atoms with Gasteiger partial charge in [0.2, 0.25) is 5.88 Å². The lowest BCUT2D eigenvalue weighted by atomic mass is 9.94. The molecule has 0 saturated carbocycles. The molecule has 2 aliphatic rings. The fraction of sp³-hybridized carbons (Fsp3) is 0.400. The van der Waals surface area contributed by atoms with Crippen LogP contribution >= 0.6 is 0 Å². The van der Waals surface area contributed by atoms with Gasteiger partial charge in [0.05, 0.1) is 24.1 Å². The molecule has 2 aromatic carbocycles. The average Bonchev–Trinajstić information content (AvgIpc) is 2.91. The molecule has 196 valence electrons. The normalized spacial score (nSPS) is 19.3. The van der Waals surface area contributed by atoms with Crippen LogP contribution in [0, 0.1) is 11.3 Å². The molecule has 0 unspecified atom stereocenters. The van der Waals surface area contributed by atoms with Crippen LogP contribution in [0.3, 0.4) is 0 Å². The maximum Gasteiger partial charge on any atom is 0.410 e. The van der Waals surface area contributed by atoms with E-state index in [1.165, 1.54) is 10.8 Å². The zero-order valence-corrected chi connectivity index (χ0v) is 22.2. The van der Waals surface area contributed by atoms with Gasteiger partial charge >= 0.3 is 6.09 Å². The zero-order chi connectivity index (χ0) is 26.9. The average molecular weight is 512 g/mol. The van der Waals surface area contributed by atoms with Crippen molar-refractivity contribution in [1.82, 2.24) is 14.9 Å². The van der Waals surface area contributed by atoms with E-state index in [9.17, 15) is 10.1 Å². The third kappa shape index (κ3) is 5.14. The first kappa shape index (κ1) is 25.5. The summed E-state index contributed by atoms with van der Waals surface area (Å²) in [6.07, 6.45) is 2.87. The van der Waals surface area contributed by atoms with E-state index in [-0.39, 0.29) is 18.6 Å². The number of nitrogens with zero attached hydrogens (tertiary/aromatic N) is 5. The lowest BCUT2D eigenvalue weighted by Gasteiger charge is -2.42. The molecule has 8 heteroatoms. The summed E-state index contributed by atoms with van der Waals surface area (Å²) in [5.41, 5.74) is 1.50. The summed E-state index contributed by atoms with van der Waals surface area (Å²) in [7, 11) is 0. The second kappa shape index (κ2) is 10.3. The number of carbonyl (C=O) groups excluding carboxylic acids is 1. The van der Waals surface area contributed by atoms with Gasteiger partial charge in [-0.3, -0.25) is 0 Å². The Hall–Kier alpha value is -4.12. The molecule has 5 rings (SSSR count). The van der Waals surface area contributed by atoms with Gasteiger partial charge in [-0.25, -0.2) is 9.78 Å². The molecule has 0 aliphatic carbocycles. The Labute approximate surface area is 223 Å². The summed E-state index contributed by atoms with van der Waals surface area (Å²) in [4.78, 5) is 26.1. The Morgan fingerprint density at radius 3 is 2.76 bits per heavy atom. The summed E-state index contributed by atoms with van der Waals surface area (Å²) < 4.78 is 12.1. The number of benzene rings is 2. The van der Waals surface area contributed by atoms with Crippen LogP contribution in [0.5, 0.6) is 5.88 Å². The van der Waals surface area contributed by atoms with Crippen molar-refractivity contribution < 1.29 is 14.3 Å². The van der Waals surface area contributed by atoms with Gasteiger partial charge in [-0.1, -0.05) is 49.0 Å². The summed E-state index contributed by atoms with van der Waals surface area (Å²) in [6.45, 7) is 10.9. The Morgan fingerprint density at radius 2 is 2.00 bits per heavy atom. The highest BCUT2D eigenvalue weighted by Gasteiger charge is 2.36. The lowest BCUT2D eigenvalue weighted by molar-refractivity contribution is 0.0144. The Kier molecular flexibility index (Phi) is 6.94. The molecule has 38 heavy (non-hydrogen) atoms. The minimum atomic E-state index is -0.603. The molecule has 1 aromatic heterocycles. The van der Waals surface area contributed by atoms with E-state index in [2.05, 4.69) is 52.9 Å². The molecule has 2 atom stereocenters. The van der Waals surface area contributed by atoms with Crippen LogP contribution in [-0.4, -0.2) is 52.2 Å². The second-order valence-corrected chi connectivity index (χ2v) is 10.7. The number of amides is 1. The van der Waals surface area contributed by atoms with E-state index in [0.29, 0.717) is 31.3 Å². The number of rotatable bonds is 4. The van der Waals surface area contributed by atoms with E-state index < -0.39 is 11.7 Å². The minimum Gasteiger partial charge on any atom is -0.469 e. The largest absolute Gasteiger partial charge is 0.469 e. The predicted octanol–water partition coefficient (Wildman–Crippen LogP) is 5.68. The number of nitriles is 1. The molecular weight excluding hydrogens is 478 g/mol. The van der Waals surface area contributed by atoms with Gasteiger partial charge < -0.3 is 19.3 Å². The summed E-state index contributed by atoms with van der Waals surface area (Å²) in [5.74, 6) is 1.84. The molecular formula is C30H33N5O3. The van der Waals surface area contributed by atoms with E-state index >= 15 is 0 Å². The van der Waals surface area contributed by atoms with E-state index in [4.69, 9.17) is 14.5 Å². The first-order valence-electron chi connectivity index (χ1n) is 13.1. The first-order valence-corrected chi connectivity index (χ1v) is 13.1. The first-order chi connectivity index (χ1) is 18.3. The van der Waals surface area contributed by atoms with Crippen molar-refractivity contribution in [2.24, 2.45) is 0 Å². The number of ether oxygens (including phenoxy) is 2. The van der Waals surface area contributed by atoms with Crippen LogP contribution in [-0.2, 0) is 11.2 Å². The molecule has 3 aromatic rings. The highest BCUT2D eigenvalue weighted by Crippen LogP contribution is 2.40. The smallest absolute Gasteiger partial charge is 0.410 e. The van der Waals surface area contributed by atoms with Crippen molar-refractivity contribution in [3.05, 3.63) is 66.0 Å². The maximum atomic E-state index is 12.9. The van der Waals surface area contributed by atoms with Crippen molar-refractivity contribution in [3.63, 3.8) is 0 Å². The zero-order valence-electron chi connectivity index (χ0n) is 22.2. The highest BCUT2D eigenvalue weighted by molar-refractivity contribution is 5.86. The van der Waals surface area contributed by atoms with Crippen LogP contribution in [0.25, 0.3) is 16.8 Å². The molecule has 1 amide bonds. The van der Waals surface area contributed by atoms with Crippen LogP contribution < -0.4 is 9.64 Å². The summed E-state index contributed by atoms with van der Waals surface area (Å²) in [5, 5.41) is 11.8. The van der Waals surface area contributed by atoms with Gasteiger partial charge in [0.1, 0.15) is 17.5 Å². The number of fused-ring (bicyclic) bond motifs is 2. The number of hydrogen-bond donors (Lipinski definition) is 0. The van der Waals surface area contributed by atoms with Crippen molar-refractivity contribution in [1.29, 1.82) is 5.26 Å². The number of aromatic nitrogens is 2. The van der Waals surface area contributed by atoms with Gasteiger partial charge in [0.25, 0.3) is 0 Å². The number of carbonyl (C=O) groups is 1. The summed E-state index contributed by atoms with van der Waals surface area (Å²) >= 11 is 0. The lowest BCUT2D eigenvalue weighted by Crippen LogP contribution is -2.56. The quantitative estimate of drug-likeness (QED) is 0.445. The van der Waals surface area contributed by atoms with Crippen molar-refractivity contribution in [2.75, 3.05) is 24.5 Å². The number of piperazine rings is 1. The SMILES string of the molecule is C=Cc1nc2c(c(N3CCN(C(=O)OC(C)(C)C)[C@@H](CC#N)C3)n1)CC[C@@H](c1cccc3ccccc13)O2. The van der Waals surface area contributed by atoms with Crippen LogP contribution in [0.15, 0.2) is 49.0 Å². The molecule has 3 heterocycles. The van der Waals surface area contributed by atoms with Crippen molar-refractivity contribution >= 4 is 28.8 Å². The van der Waals surface area contributed by atoms with E-state index in [0.717, 1.165) is 29.8 Å². The fourth-order valence-corrected chi connectivity index (χ4v) is 5.25. The third-order valence-electron chi connectivity index (χ3n) is 6.97. The van der Waals surface area contributed by atoms with Gasteiger partial charge in [0, 0.05) is 25.2 Å². The Morgan fingerprint density at radius 1 is 1.21 bits per heavy atom. The van der Waals surface area contributed by atoms with Gasteiger partial charge in [-0.05, 0) is 50.5 Å². The fourth-order valence-electron chi connectivity index (χ4n) is 5.25. The van der Waals surface area contributed by atoms with Crippen LogP contribution in [0.2, 0.25) is 0 Å². The Bertz CT molecular complexity index is 1400. The second-order valence-electron chi connectivity index (χ2n) is 10.7. The van der Waals surface area contributed by atoms with Gasteiger partial charge in [0.15, 0.2) is 5.82 Å². The minimum absolute atomic E-state index is 0.121. The molecule has 0 bridgehead atoms. The van der Waals surface area contributed by atoms with Crippen LogP contribution in [0.4, 0.5) is 10.6 Å². The molecule has 0 radical (unpaired) electrons. The molecule has 1 saturated heterocycles. The monoisotopic (exact) mass is 511 g/mol. The van der Waals surface area contributed by atoms with Gasteiger partial charge in [-0.15, -0.1) is 0 Å². The summed E-state index contributed by atoms with van der Waals surface area (Å²) in [6, 6.07) is 16.6. The topological polar surface area (TPSA) is 91.6 Å². The molecule has 1 fully saturated rings. The molecule has 0 spiro atoms. The maximum absolute atomic E-state index is 12.9. The highest BCUT2D eigenvalue weighted by atomic mass is 16.6. The Balaban J connectivity index is 1.43. The third-order valence-corrected chi connectivity index (χ3v) is 6.97. The van der Waals surface area contributed by atoms with E-state index in [1.54, 1.807) is 11.0 Å². The van der Waals surface area contributed by atoms with Crippen molar-refractivity contribution in [2.45, 2.75) is 57.8 Å². The standard InChI is InChI=1S/C30H33N5O3/c1-5-26-32-27(34-17-18-35(21(19-34)15-16-31)29(36)38-30(2,3)4)24-13-14-25(37-28(24)33-26)23-12-8-10-20-9-6-7-11-22(20)23/h5-12,21,25H,1,13-15,17-19H2,2-4H3/t21-,25-/m0/s1. The number of anilines is 1. The van der Waals surface area contributed by atoms with E-state index in [1.807, 2.05) is 32.9 Å². The molecule has 8 nitrogen and oxygen atoms in total. The van der Waals surface area contributed by atoms with Crippen LogP contribution in [0.1, 0.15) is 56.7 Å². The van der Waals surface area contributed by atoms with Crippen molar-refractivity contribution in [3.8, 4) is 11.9 Å². The number of hydrogen-bond acceptors (Lipinski definition) is 7. The van der Waals surface area contributed by atoms with Gasteiger partial charge in [-0.2, -0.15) is 10.2 Å². The molecule has 2 aliphatic heterocycles.